The molecule has 0 aromatic heterocycles. The molecule has 2 rings (SSSR count). The van der Waals surface area contributed by atoms with Crippen LogP contribution in [0, 0.1) is 0 Å². The third kappa shape index (κ3) is 4.33. The highest BCUT2D eigenvalue weighted by atomic mass is 32.2. The van der Waals surface area contributed by atoms with Crippen molar-refractivity contribution in [3.8, 4) is 5.75 Å². The minimum atomic E-state index is -0.768. The second kappa shape index (κ2) is 6.97. The molecule has 0 atom stereocenters. The number of hydrogen-bond acceptors (Lipinski definition) is 6. The normalized spacial score (nSPS) is 16.0. The molecule has 1 fully saturated rings. The summed E-state index contributed by atoms with van der Waals surface area (Å²) in [5.74, 6) is -1.56. The van der Waals surface area contributed by atoms with Gasteiger partial charge in [0.15, 0.2) is 6.61 Å². The summed E-state index contributed by atoms with van der Waals surface area (Å²) in [4.78, 5) is 46.3. The van der Waals surface area contributed by atoms with Crippen LogP contribution in [0.15, 0.2) is 29.2 Å². The summed E-state index contributed by atoms with van der Waals surface area (Å²) in [6, 6.07) is 6.57. The molecule has 120 valence electrons. The Balaban J connectivity index is 2.17. The van der Waals surface area contributed by atoms with Gasteiger partial charge in [0.05, 0.1) is 4.91 Å². The Morgan fingerprint density at radius 2 is 1.96 bits per heavy atom. The zero-order valence-electron chi connectivity index (χ0n) is 11.9. The van der Waals surface area contributed by atoms with Crippen molar-refractivity contribution in [2.45, 2.75) is 0 Å². The van der Waals surface area contributed by atoms with Gasteiger partial charge < -0.3 is 16.2 Å². The summed E-state index contributed by atoms with van der Waals surface area (Å²) in [5, 5.41) is -0.554. The Morgan fingerprint density at radius 3 is 2.61 bits per heavy atom. The van der Waals surface area contributed by atoms with E-state index in [2.05, 4.69) is 0 Å². The minimum Gasteiger partial charge on any atom is -0.484 e. The zero-order chi connectivity index (χ0) is 17.0. The number of hydrogen-bond donors (Lipinski definition) is 2. The zero-order valence-corrected chi connectivity index (χ0v) is 12.7. The third-order valence-electron chi connectivity index (χ3n) is 2.72. The van der Waals surface area contributed by atoms with Gasteiger partial charge in [-0.05, 0) is 35.5 Å². The van der Waals surface area contributed by atoms with Crippen molar-refractivity contribution in [2.75, 3.05) is 13.2 Å². The Morgan fingerprint density at radius 1 is 1.22 bits per heavy atom. The van der Waals surface area contributed by atoms with Gasteiger partial charge in [-0.1, -0.05) is 12.1 Å². The van der Waals surface area contributed by atoms with Gasteiger partial charge in [-0.2, -0.15) is 0 Å². The maximum absolute atomic E-state index is 12.1. The van der Waals surface area contributed by atoms with Crippen molar-refractivity contribution < 1.29 is 23.9 Å². The maximum Gasteiger partial charge on any atom is 0.294 e. The molecule has 4 amide bonds. The number of nitrogens with zero attached hydrogens (tertiary/aromatic N) is 1. The lowest BCUT2D eigenvalue weighted by atomic mass is 10.2. The summed E-state index contributed by atoms with van der Waals surface area (Å²) in [6.07, 6.45) is 1.49. The van der Waals surface area contributed by atoms with E-state index < -0.39 is 29.5 Å². The number of ether oxygens (including phenoxy) is 1. The molecule has 1 saturated heterocycles. The highest BCUT2D eigenvalue weighted by Gasteiger charge is 2.35. The molecule has 0 unspecified atom stereocenters. The Labute approximate surface area is 135 Å². The number of nitrogens with two attached hydrogens (primary N) is 2. The van der Waals surface area contributed by atoms with Crippen molar-refractivity contribution in [1.29, 1.82) is 0 Å². The van der Waals surface area contributed by atoms with Crippen LogP contribution in [0.4, 0.5) is 4.79 Å². The monoisotopic (exact) mass is 335 g/mol. The maximum atomic E-state index is 12.1. The first kappa shape index (κ1) is 16.6. The third-order valence-corrected chi connectivity index (χ3v) is 3.63. The van der Waals surface area contributed by atoms with Gasteiger partial charge in [0.25, 0.3) is 17.1 Å². The van der Waals surface area contributed by atoms with Gasteiger partial charge in [0.1, 0.15) is 12.3 Å². The Bertz CT molecular complexity index is 716. The molecule has 0 spiro atoms. The highest BCUT2D eigenvalue weighted by Crippen LogP contribution is 2.32. The molecule has 9 heteroatoms. The van der Waals surface area contributed by atoms with Crippen molar-refractivity contribution >= 4 is 40.8 Å². The Hall–Kier alpha value is -2.81. The lowest BCUT2D eigenvalue weighted by molar-refractivity contribution is -0.127. The van der Waals surface area contributed by atoms with Crippen LogP contribution in [0.25, 0.3) is 6.08 Å². The fourth-order valence-electron chi connectivity index (χ4n) is 1.79. The molecule has 23 heavy (non-hydrogen) atoms. The van der Waals surface area contributed by atoms with Crippen molar-refractivity contribution in [2.24, 2.45) is 11.5 Å². The first-order chi connectivity index (χ1) is 10.9. The smallest absolute Gasteiger partial charge is 0.294 e. The van der Waals surface area contributed by atoms with E-state index in [1.54, 1.807) is 24.3 Å². The summed E-state index contributed by atoms with van der Waals surface area (Å²) in [7, 11) is 0. The van der Waals surface area contributed by atoms with Crippen LogP contribution in [0.5, 0.6) is 5.75 Å². The summed E-state index contributed by atoms with van der Waals surface area (Å²) < 4.78 is 5.16. The van der Waals surface area contributed by atoms with E-state index in [0.29, 0.717) is 11.3 Å². The number of thioether (sulfide) groups is 1. The van der Waals surface area contributed by atoms with E-state index >= 15 is 0 Å². The number of rotatable bonds is 6. The number of carbonyl (C=O) groups excluding carboxylic acids is 4. The molecule has 0 saturated carbocycles. The van der Waals surface area contributed by atoms with Crippen molar-refractivity contribution in [1.82, 2.24) is 4.90 Å². The fourth-order valence-corrected chi connectivity index (χ4v) is 2.63. The number of imide groups is 1. The molecule has 0 aliphatic carbocycles. The molecule has 8 nitrogen and oxygen atoms in total. The number of carbonyl (C=O) groups is 4. The van der Waals surface area contributed by atoms with Gasteiger partial charge >= 0.3 is 0 Å². The predicted molar refractivity (Wildman–Crippen MR) is 83.0 cm³/mol. The second-order valence-electron chi connectivity index (χ2n) is 4.56. The van der Waals surface area contributed by atoms with Gasteiger partial charge in [-0.15, -0.1) is 0 Å². The van der Waals surface area contributed by atoms with Gasteiger partial charge in [-0.25, -0.2) is 0 Å². The minimum absolute atomic E-state index is 0.170. The quantitative estimate of drug-likeness (QED) is 0.707. The van der Waals surface area contributed by atoms with Crippen LogP contribution in [0.2, 0.25) is 0 Å². The molecular weight excluding hydrogens is 322 g/mol. The van der Waals surface area contributed by atoms with E-state index in [0.717, 1.165) is 16.7 Å². The molecule has 4 N–H and O–H groups in total. The first-order valence-electron chi connectivity index (χ1n) is 6.41. The lowest BCUT2D eigenvalue weighted by Gasteiger charge is -2.08. The van der Waals surface area contributed by atoms with E-state index in [4.69, 9.17) is 16.2 Å². The van der Waals surface area contributed by atoms with E-state index in [-0.39, 0.29) is 11.5 Å². The predicted octanol–water partition coefficient (Wildman–Crippen LogP) is 0.0723. The SMILES string of the molecule is NC(=O)COc1cccc(/C=C2\SC(=O)N(CC(N)=O)C2=O)c1. The summed E-state index contributed by atoms with van der Waals surface area (Å²) in [5.41, 5.74) is 10.6. The largest absolute Gasteiger partial charge is 0.484 e. The highest BCUT2D eigenvalue weighted by molar-refractivity contribution is 8.18. The summed E-state index contributed by atoms with van der Waals surface area (Å²) >= 11 is 0.719. The molecule has 1 aliphatic heterocycles. The molecule has 1 aliphatic rings. The van der Waals surface area contributed by atoms with Crippen LogP contribution < -0.4 is 16.2 Å². The van der Waals surface area contributed by atoms with Crippen LogP contribution in [-0.2, 0) is 14.4 Å². The summed E-state index contributed by atoms with van der Waals surface area (Å²) in [6.45, 7) is -0.720. The number of benzene rings is 1. The number of amides is 4. The molecule has 1 aromatic rings. The van der Waals surface area contributed by atoms with Gasteiger partial charge in [-0.3, -0.25) is 24.1 Å². The first-order valence-corrected chi connectivity index (χ1v) is 7.23. The fraction of sp³-hybridized carbons (Fsp3) is 0.143. The topological polar surface area (TPSA) is 133 Å². The van der Waals surface area contributed by atoms with Crippen molar-refractivity contribution in [3.63, 3.8) is 0 Å². The Kier molecular flexibility index (Phi) is 5.02. The average Bonchev–Trinajstić information content (AvgIpc) is 2.73. The standard InChI is InChI=1S/C14H13N3O5S/c15-11(18)6-17-13(20)10(23-14(17)21)5-8-2-1-3-9(4-8)22-7-12(16)19/h1-5H,6-7H2,(H2,15,18)(H2,16,19)/b10-5-. The number of primary amides is 2. The van der Waals surface area contributed by atoms with Crippen LogP contribution in [0.1, 0.15) is 5.56 Å². The molecule has 0 bridgehead atoms. The van der Waals surface area contributed by atoms with Crippen LogP contribution in [0.3, 0.4) is 0 Å². The molecule has 0 radical (unpaired) electrons. The van der Waals surface area contributed by atoms with Crippen LogP contribution in [-0.4, -0.2) is 41.0 Å². The van der Waals surface area contributed by atoms with Gasteiger partial charge in [0.2, 0.25) is 5.91 Å². The van der Waals surface area contributed by atoms with Crippen molar-refractivity contribution in [3.05, 3.63) is 34.7 Å². The molecule has 1 heterocycles. The van der Waals surface area contributed by atoms with Crippen LogP contribution >= 0.6 is 11.8 Å². The van der Waals surface area contributed by atoms with E-state index in [1.807, 2.05) is 0 Å². The molecular formula is C14H13N3O5S. The van der Waals surface area contributed by atoms with E-state index in [9.17, 15) is 19.2 Å². The second-order valence-corrected chi connectivity index (χ2v) is 5.55. The molecule has 1 aromatic carbocycles. The van der Waals surface area contributed by atoms with E-state index in [1.165, 1.54) is 6.08 Å². The van der Waals surface area contributed by atoms with Gasteiger partial charge in [0, 0.05) is 0 Å². The lowest BCUT2D eigenvalue weighted by Crippen LogP contribution is -2.36. The average molecular weight is 335 g/mol.